The Labute approximate surface area is 161 Å². The van der Waals surface area contributed by atoms with Crippen LogP contribution in [0.3, 0.4) is 0 Å². The van der Waals surface area contributed by atoms with Crippen LogP contribution in [0.5, 0.6) is 0 Å². The van der Waals surface area contributed by atoms with E-state index in [-0.39, 0.29) is 17.6 Å². The van der Waals surface area contributed by atoms with Crippen molar-refractivity contribution in [3.63, 3.8) is 0 Å². The summed E-state index contributed by atoms with van der Waals surface area (Å²) in [4.78, 5) is 30.5. The van der Waals surface area contributed by atoms with Crippen molar-refractivity contribution in [2.75, 3.05) is 6.54 Å². The first kappa shape index (κ1) is 18.1. The topological polar surface area (TPSA) is 101 Å². The number of rotatable bonds is 3. The van der Waals surface area contributed by atoms with Gasteiger partial charge in [-0.15, -0.1) is 5.10 Å². The molecule has 4 rings (SSSR count). The Morgan fingerprint density at radius 2 is 2.04 bits per heavy atom. The number of carbonyl (C=O) groups excluding carboxylic acids is 1. The molecule has 1 amide bonds. The fourth-order valence-corrected chi connectivity index (χ4v) is 3.92. The molecule has 1 fully saturated rings. The number of hydrogen-bond donors (Lipinski definition) is 1. The van der Waals surface area contributed by atoms with E-state index in [1.807, 2.05) is 30.3 Å². The number of carboxylic acid groups (broad SMARTS) is 1. The molecule has 2 aromatic heterocycles. The Kier molecular flexibility index (Phi) is 4.54. The number of amides is 1. The Hall–Kier alpha value is -3.29. The Morgan fingerprint density at radius 3 is 2.82 bits per heavy atom. The van der Waals surface area contributed by atoms with Crippen LogP contribution in [-0.2, 0) is 4.79 Å². The number of carboxylic acids is 1. The minimum atomic E-state index is -0.867. The molecule has 1 aliphatic heterocycles. The normalized spacial score (nSPS) is 19.7. The van der Waals surface area contributed by atoms with Gasteiger partial charge in [0, 0.05) is 24.2 Å². The molecule has 8 nitrogen and oxygen atoms in total. The first-order valence-electron chi connectivity index (χ1n) is 9.29. The third kappa shape index (κ3) is 2.90. The summed E-state index contributed by atoms with van der Waals surface area (Å²) in [5, 5.41) is 18.7. The summed E-state index contributed by atoms with van der Waals surface area (Å²) >= 11 is 0. The van der Waals surface area contributed by atoms with Gasteiger partial charge in [0.15, 0.2) is 5.69 Å². The number of pyridine rings is 1. The molecule has 0 aliphatic carbocycles. The standard InChI is InChI=1S/C20H21N5O3/c1-12-14(20(27)28)7-5-11-24(12)19(26)18-13(2)25(23-22-18)17-9-3-8-16-15(17)6-4-10-21-16/h3-4,6,8-10,12,14H,5,7,11H2,1-2H3,(H,27,28)/t12-,14-/m1/s1. The van der Waals surface area contributed by atoms with Gasteiger partial charge in [0.25, 0.3) is 5.91 Å². The van der Waals surface area contributed by atoms with Crippen LogP contribution in [0.15, 0.2) is 36.5 Å². The number of likely N-dealkylation sites (tertiary alicyclic amines) is 1. The number of aromatic nitrogens is 4. The molecule has 1 aromatic carbocycles. The summed E-state index contributed by atoms with van der Waals surface area (Å²) in [6.45, 7) is 4.10. The number of hydrogen-bond acceptors (Lipinski definition) is 5. The highest BCUT2D eigenvalue weighted by Gasteiger charge is 2.37. The van der Waals surface area contributed by atoms with Crippen LogP contribution < -0.4 is 0 Å². The predicted molar refractivity (Wildman–Crippen MR) is 102 cm³/mol. The Bertz CT molecular complexity index is 1060. The van der Waals surface area contributed by atoms with Crippen LogP contribution >= 0.6 is 0 Å². The molecule has 0 unspecified atom stereocenters. The Balaban J connectivity index is 1.70. The van der Waals surface area contributed by atoms with Gasteiger partial charge in [0.05, 0.1) is 22.8 Å². The summed E-state index contributed by atoms with van der Waals surface area (Å²) < 4.78 is 1.64. The summed E-state index contributed by atoms with van der Waals surface area (Å²) in [5.41, 5.74) is 2.49. The lowest BCUT2D eigenvalue weighted by Gasteiger charge is -2.37. The second-order valence-electron chi connectivity index (χ2n) is 7.11. The number of nitrogens with zero attached hydrogens (tertiary/aromatic N) is 5. The summed E-state index contributed by atoms with van der Waals surface area (Å²) in [6.07, 6.45) is 2.97. The van der Waals surface area contributed by atoms with Gasteiger partial charge < -0.3 is 10.0 Å². The number of piperidine rings is 1. The van der Waals surface area contributed by atoms with E-state index in [1.165, 1.54) is 0 Å². The van der Waals surface area contributed by atoms with Gasteiger partial charge in [-0.3, -0.25) is 14.6 Å². The van der Waals surface area contributed by atoms with Gasteiger partial charge in [0.2, 0.25) is 0 Å². The van der Waals surface area contributed by atoms with E-state index in [0.717, 1.165) is 16.6 Å². The summed E-state index contributed by atoms with van der Waals surface area (Å²) in [7, 11) is 0. The minimum Gasteiger partial charge on any atom is -0.481 e. The van der Waals surface area contributed by atoms with E-state index in [4.69, 9.17) is 0 Å². The van der Waals surface area contributed by atoms with Crippen LogP contribution in [-0.4, -0.2) is 54.4 Å². The zero-order valence-electron chi connectivity index (χ0n) is 15.7. The summed E-state index contributed by atoms with van der Waals surface area (Å²) in [6, 6.07) is 9.13. The maximum absolute atomic E-state index is 13.1. The average Bonchev–Trinajstić information content (AvgIpc) is 3.08. The van der Waals surface area contributed by atoms with E-state index in [0.29, 0.717) is 25.1 Å². The van der Waals surface area contributed by atoms with Crippen LogP contribution in [0, 0.1) is 12.8 Å². The molecule has 8 heteroatoms. The molecule has 2 atom stereocenters. The number of fused-ring (bicyclic) bond motifs is 1. The third-order valence-electron chi connectivity index (χ3n) is 5.51. The van der Waals surface area contributed by atoms with Crippen molar-refractivity contribution in [2.24, 2.45) is 5.92 Å². The molecule has 1 N–H and O–H groups in total. The van der Waals surface area contributed by atoms with Crippen LogP contribution in [0.1, 0.15) is 35.9 Å². The van der Waals surface area contributed by atoms with Gasteiger partial charge in [-0.2, -0.15) is 0 Å². The first-order chi connectivity index (χ1) is 13.5. The van der Waals surface area contributed by atoms with Gasteiger partial charge in [-0.25, -0.2) is 4.68 Å². The second-order valence-corrected chi connectivity index (χ2v) is 7.11. The summed E-state index contributed by atoms with van der Waals surface area (Å²) in [5.74, 6) is -1.70. The quantitative estimate of drug-likeness (QED) is 0.750. The lowest BCUT2D eigenvalue weighted by atomic mass is 9.90. The minimum absolute atomic E-state index is 0.249. The lowest BCUT2D eigenvalue weighted by Crippen LogP contribution is -2.49. The SMILES string of the molecule is Cc1c(C(=O)N2CCC[C@@H](C(=O)O)[C@H]2C)nnn1-c1cccc2ncccc12. The molecule has 28 heavy (non-hydrogen) atoms. The van der Waals surface area contributed by atoms with Crippen molar-refractivity contribution in [2.45, 2.75) is 32.7 Å². The maximum Gasteiger partial charge on any atom is 0.308 e. The van der Waals surface area contributed by atoms with Gasteiger partial charge in [-0.1, -0.05) is 11.3 Å². The molecular formula is C20H21N5O3. The maximum atomic E-state index is 13.1. The van der Waals surface area contributed by atoms with Crippen molar-refractivity contribution in [1.29, 1.82) is 0 Å². The second kappa shape index (κ2) is 7.03. The monoisotopic (exact) mass is 379 g/mol. The van der Waals surface area contributed by atoms with Crippen molar-refractivity contribution in [3.8, 4) is 5.69 Å². The first-order valence-corrected chi connectivity index (χ1v) is 9.29. The molecule has 0 saturated carbocycles. The largest absolute Gasteiger partial charge is 0.481 e. The van der Waals surface area contributed by atoms with E-state index in [2.05, 4.69) is 15.3 Å². The highest BCUT2D eigenvalue weighted by molar-refractivity contribution is 5.94. The fourth-order valence-electron chi connectivity index (χ4n) is 3.92. The lowest BCUT2D eigenvalue weighted by molar-refractivity contribution is -0.144. The van der Waals surface area contributed by atoms with Crippen molar-refractivity contribution in [1.82, 2.24) is 24.9 Å². The smallest absolute Gasteiger partial charge is 0.308 e. The predicted octanol–water partition coefficient (Wildman–Crippen LogP) is 2.45. The highest BCUT2D eigenvalue weighted by Crippen LogP contribution is 2.27. The van der Waals surface area contributed by atoms with E-state index in [1.54, 1.807) is 29.6 Å². The molecule has 3 heterocycles. The number of aliphatic carboxylic acids is 1. The van der Waals surface area contributed by atoms with Crippen LogP contribution in [0.4, 0.5) is 0 Å². The average molecular weight is 379 g/mol. The van der Waals surface area contributed by atoms with E-state index < -0.39 is 11.9 Å². The molecular weight excluding hydrogens is 358 g/mol. The molecule has 0 bridgehead atoms. The van der Waals surface area contributed by atoms with Crippen LogP contribution in [0.2, 0.25) is 0 Å². The number of benzene rings is 1. The molecule has 1 aliphatic rings. The molecule has 1 saturated heterocycles. The zero-order valence-corrected chi connectivity index (χ0v) is 15.7. The third-order valence-corrected chi connectivity index (χ3v) is 5.51. The zero-order chi connectivity index (χ0) is 19.8. The molecule has 3 aromatic rings. The van der Waals surface area contributed by atoms with E-state index >= 15 is 0 Å². The van der Waals surface area contributed by atoms with Crippen molar-refractivity contribution < 1.29 is 14.7 Å². The van der Waals surface area contributed by atoms with Gasteiger partial charge in [-0.05, 0) is 51.0 Å². The molecule has 144 valence electrons. The molecule has 0 radical (unpaired) electrons. The molecule has 0 spiro atoms. The van der Waals surface area contributed by atoms with Crippen LogP contribution in [0.25, 0.3) is 16.6 Å². The fraction of sp³-hybridized carbons (Fsp3) is 0.350. The van der Waals surface area contributed by atoms with Gasteiger partial charge in [0.1, 0.15) is 0 Å². The van der Waals surface area contributed by atoms with Gasteiger partial charge >= 0.3 is 5.97 Å². The van der Waals surface area contributed by atoms with Crippen molar-refractivity contribution >= 4 is 22.8 Å². The Morgan fingerprint density at radius 1 is 1.21 bits per heavy atom. The number of carbonyl (C=O) groups is 2. The highest BCUT2D eigenvalue weighted by atomic mass is 16.4. The van der Waals surface area contributed by atoms with Crippen molar-refractivity contribution in [3.05, 3.63) is 47.9 Å². The van der Waals surface area contributed by atoms with E-state index in [9.17, 15) is 14.7 Å².